The van der Waals surface area contributed by atoms with E-state index in [1.165, 1.54) is 17.7 Å². The standard InChI is InChI=1S/C12H16ClNS/c1-10-14-8-11(15-10)7-12(9-13)5-3-2-4-6-12/h2-3,8H,4-7,9H2,1H3. The molecule has 0 amide bonds. The molecule has 1 atom stereocenters. The fourth-order valence-electron chi connectivity index (χ4n) is 2.13. The van der Waals surface area contributed by atoms with E-state index in [-0.39, 0.29) is 5.41 Å². The van der Waals surface area contributed by atoms with Crippen LogP contribution in [0.2, 0.25) is 0 Å². The zero-order valence-corrected chi connectivity index (χ0v) is 10.6. The molecular weight excluding hydrogens is 226 g/mol. The van der Waals surface area contributed by atoms with Crippen molar-refractivity contribution >= 4 is 22.9 Å². The Kier molecular flexibility index (Phi) is 3.47. The number of hydrogen-bond donors (Lipinski definition) is 0. The highest BCUT2D eigenvalue weighted by Crippen LogP contribution is 2.38. The summed E-state index contributed by atoms with van der Waals surface area (Å²) in [6.45, 7) is 2.06. The van der Waals surface area contributed by atoms with E-state index in [4.69, 9.17) is 11.6 Å². The third kappa shape index (κ3) is 2.61. The monoisotopic (exact) mass is 241 g/mol. The van der Waals surface area contributed by atoms with Crippen molar-refractivity contribution in [3.8, 4) is 0 Å². The SMILES string of the molecule is Cc1ncc(CC2(CCl)CC=CCC2)s1. The van der Waals surface area contributed by atoms with Crippen LogP contribution in [0.5, 0.6) is 0 Å². The lowest BCUT2D eigenvalue weighted by molar-refractivity contribution is 0.298. The molecule has 3 heteroatoms. The van der Waals surface area contributed by atoms with Crippen molar-refractivity contribution < 1.29 is 0 Å². The second-order valence-corrected chi connectivity index (χ2v) is 5.96. The molecular formula is C12H16ClNS. The summed E-state index contributed by atoms with van der Waals surface area (Å²) in [4.78, 5) is 5.68. The van der Waals surface area contributed by atoms with Crippen LogP contribution in [0.3, 0.4) is 0 Å². The number of alkyl halides is 1. The zero-order valence-electron chi connectivity index (χ0n) is 9.00. The van der Waals surface area contributed by atoms with Gasteiger partial charge in [-0.2, -0.15) is 0 Å². The molecule has 0 bridgehead atoms. The Morgan fingerprint density at radius 3 is 2.93 bits per heavy atom. The number of aromatic nitrogens is 1. The minimum absolute atomic E-state index is 0.287. The average molecular weight is 242 g/mol. The molecule has 2 rings (SSSR count). The normalized spacial score (nSPS) is 25.7. The zero-order chi connectivity index (χ0) is 10.7. The first-order valence-corrected chi connectivity index (χ1v) is 6.71. The van der Waals surface area contributed by atoms with Gasteiger partial charge in [-0.1, -0.05) is 12.2 Å². The molecule has 0 aliphatic heterocycles. The first-order chi connectivity index (χ1) is 7.24. The molecule has 0 N–H and O–H groups in total. The number of nitrogens with zero attached hydrogens (tertiary/aromatic N) is 1. The highest BCUT2D eigenvalue weighted by molar-refractivity contribution is 7.11. The largest absolute Gasteiger partial charge is 0.250 e. The Labute approximate surface area is 100 Å². The van der Waals surface area contributed by atoms with Gasteiger partial charge in [-0.05, 0) is 38.0 Å². The lowest BCUT2D eigenvalue weighted by Gasteiger charge is -2.32. The smallest absolute Gasteiger partial charge is 0.0896 e. The molecule has 0 saturated carbocycles. The average Bonchev–Trinajstić information content (AvgIpc) is 2.65. The second-order valence-electron chi connectivity index (χ2n) is 4.37. The maximum Gasteiger partial charge on any atom is 0.0896 e. The van der Waals surface area contributed by atoms with Gasteiger partial charge in [-0.3, -0.25) is 0 Å². The number of aryl methyl sites for hydroxylation is 1. The van der Waals surface area contributed by atoms with Crippen LogP contribution in [-0.2, 0) is 6.42 Å². The van der Waals surface area contributed by atoms with Gasteiger partial charge in [0.05, 0.1) is 5.01 Å². The second kappa shape index (κ2) is 4.67. The lowest BCUT2D eigenvalue weighted by Crippen LogP contribution is -2.26. The summed E-state index contributed by atoms with van der Waals surface area (Å²) < 4.78 is 0. The predicted octanol–water partition coefficient (Wildman–Crippen LogP) is 3.96. The summed E-state index contributed by atoms with van der Waals surface area (Å²) in [7, 11) is 0. The molecule has 82 valence electrons. The van der Waals surface area contributed by atoms with Crippen LogP contribution >= 0.6 is 22.9 Å². The van der Waals surface area contributed by atoms with Crippen molar-refractivity contribution in [3.05, 3.63) is 28.2 Å². The van der Waals surface area contributed by atoms with Crippen molar-refractivity contribution in [2.24, 2.45) is 5.41 Å². The van der Waals surface area contributed by atoms with E-state index >= 15 is 0 Å². The molecule has 0 fully saturated rings. The Hall–Kier alpha value is -0.340. The van der Waals surface area contributed by atoms with Gasteiger partial charge in [0.1, 0.15) is 0 Å². The van der Waals surface area contributed by atoms with Gasteiger partial charge in [-0.15, -0.1) is 22.9 Å². The Balaban J connectivity index is 2.10. The highest BCUT2D eigenvalue weighted by atomic mass is 35.5. The van der Waals surface area contributed by atoms with Gasteiger partial charge in [0.2, 0.25) is 0 Å². The summed E-state index contributed by atoms with van der Waals surface area (Å²) in [5.74, 6) is 0.758. The van der Waals surface area contributed by atoms with Crippen molar-refractivity contribution in [1.29, 1.82) is 0 Å². The molecule has 1 aromatic rings. The van der Waals surface area contributed by atoms with Crippen LogP contribution < -0.4 is 0 Å². The van der Waals surface area contributed by atoms with Gasteiger partial charge in [0, 0.05) is 17.0 Å². The third-order valence-corrected chi connectivity index (χ3v) is 4.54. The molecule has 0 spiro atoms. The summed E-state index contributed by atoms with van der Waals surface area (Å²) in [5.41, 5.74) is 0.287. The van der Waals surface area contributed by atoms with E-state index < -0.39 is 0 Å². The summed E-state index contributed by atoms with van der Waals surface area (Å²) in [5, 5.41) is 1.15. The number of rotatable bonds is 3. The van der Waals surface area contributed by atoms with Gasteiger partial charge < -0.3 is 0 Å². The molecule has 1 nitrogen and oxygen atoms in total. The van der Waals surface area contributed by atoms with Gasteiger partial charge >= 0.3 is 0 Å². The summed E-state index contributed by atoms with van der Waals surface area (Å²) in [6, 6.07) is 0. The van der Waals surface area contributed by atoms with Crippen LogP contribution in [0.15, 0.2) is 18.3 Å². The minimum Gasteiger partial charge on any atom is -0.250 e. The molecule has 0 saturated heterocycles. The Morgan fingerprint density at radius 2 is 2.40 bits per heavy atom. The molecule has 1 heterocycles. The number of hydrogen-bond acceptors (Lipinski definition) is 2. The van der Waals surface area contributed by atoms with E-state index in [1.54, 1.807) is 11.3 Å². The van der Waals surface area contributed by atoms with Crippen molar-refractivity contribution in [2.45, 2.75) is 32.6 Å². The Bertz CT molecular complexity index is 358. The van der Waals surface area contributed by atoms with Crippen LogP contribution in [-0.4, -0.2) is 10.9 Å². The van der Waals surface area contributed by atoms with E-state index in [9.17, 15) is 0 Å². The van der Waals surface area contributed by atoms with Gasteiger partial charge in [0.15, 0.2) is 0 Å². The highest BCUT2D eigenvalue weighted by Gasteiger charge is 2.30. The predicted molar refractivity (Wildman–Crippen MR) is 66.7 cm³/mol. The van der Waals surface area contributed by atoms with Crippen LogP contribution in [0.1, 0.15) is 29.1 Å². The first kappa shape index (κ1) is 11.2. The first-order valence-electron chi connectivity index (χ1n) is 5.36. The van der Waals surface area contributed by atoms with E-state index in [1.807, 2.05) is 6.20 Å². The fourth-order valence-corrected chi connectivity index (χ4v) is 3.43. The minimum atomic E-state index is 0.287. The van der Waals surface area contributed by atoms with Crippen molar-refractivity contribution in [2.75, 3.05) is 5.88 Å². The number of thiazole rings is 1. The quantitative estimate of drug-likeness (QED) is 0.577. The fraction of sp³-hybridized carbons (Fsp3) is 0.583. The maximum absolute atomic E-state index is 6.14. The van der Waals surface area contributed by atoms with E-state index in [2.05, 4.69) is 24.1 Å². The van der Waals surface area contributed by atoms with Crippen molar-refractivity contribution in [3.63, 3.8) is 0 Å². The molecule has 0 radical (unpaired) electrons. The maximum atomic E-state index is 6.14. The molecule has 1 aliphatic rings. The van der Waals surface area contributed by atoms with Gasteiger partial charge in [0.25, 0.3) is 0 Å². The molecule has 0 aromatic carbocycles. The topological polar surface area (TPSA) is 12.9 Å². The van der Waals surface area contributed by atoms with Crippen LogP contribution in [0, 0.1) is 12.3 Å². The number of allylic oxidation sites excluding steroid dienone is 2. The van der Waals surface area contributed by atoms with Crippen molar-refractivity contribution in [1.82, 2.24) is 4.98 Å². The number of halogens is 1. The van der Waals surface area contributed by atoms with E-state index in [0.717, 1.165) is 23.7 Å². The molecule has 1 unspecified atom stereocenters. The van der Waals surface area contributed by atoms with E-state index in [0.29, 0.717) is 0 Å². The summed E-state index contributed by atoms with van der Waals surface area (Å²) in [6.07, 6.45) is 11.1. The lowest BCUT2D eigenvalue weighted by atomic mass is 9.76. The third-order valence-electron chi connectivity index (χ3n) is 3.06. The molecule has 1 aromatic heterocycles. The van der Waals surface area contributed by atoms with Crippen LogP contribution in [0.4, 0.5) is 0 Å². The van der Waals surface area contributed by atoms with Gasteiger partial charge in [-0.25, -0.2) is 4.98 Å². The van der Waals surface area contributed by atoms with Crippen LogP contribution in [0.25, 0.3) is 0 Å². The molecule has 15 heavy (non-hydrogen) atoms. The summed E-state index contributed by atoms with van der Waals surface area (Å²) >= 11 is 7.95. The Morgan fingerprint density at radius 1 is 1.53 bits per heavy atom. The molecule has 1 aliphatic carbocycles.